The van der Waals surface area contributed by atoms with Gasteiger partial charge in [-0.15, -0.1) is 0 Å². The van der Waals surface area contributed by atoms with Crippen molar-refractivity contribution in [1.29, 1.82) is 0 Å². The lowest BCUT2D eigenvalue weighted by Crippen LogP contribution is -2.43. The predicted molar refractivity (Wildman–Crippen MR) is 81.9 cm³/mol. The highest BCUT2D eigenvalue weighted by Crippen LogP contribution is 2.09. The van der Waals surface area contributed by atoms with Gasteiger partial charge in [0.2, 0.25) is 0 Å². The lowest BCUT2D eigenvalue weighted by molar-refractivity contribution is 0.171. The number of carbonyl (C=O) groups excluding carboxylic acids is 1. The lowest BCUT2D eigenvalue weighted by Gasteiger charge is -2.13. The number of hydrogen-bond donors (Lipinski definition) is 2. The molecular formula is C14H25N5O3. The van der Waals surface area contributed by atoms with E-state index in [1.165, 1.54) is 4.68 Å². The molecule has 22 heavy (non-hydrogen) atoms. The van der Waals surface area contributed by atoms with Crippen LogP contribution < -0.4 is 16.3 Å². The Morgan fingerprint density at radius 1 is 1.45 bits per heavy atom. The van der Waals surface area contributed by atoms with Crippen LogP contribution >= 0.6 is 0 Å². The van der Waals surface area contributed by atoms with Crippen LogP contribution in [0.3, 0.4) is 0 Å². The van der Waals surface area contributed by atoms with E-state index in [1.54, 1.807) is 11.7 Å². The van der Waals surface area contributed by atoms with E-state index in [0.29, 0.717) is 26.1 Å². The number of urea groups is 1. The average molecular weight is 311 g/mol. The quantitative estimate of drug-likeness (QED) is 0.699. The number of methoxy groups -OCH3 is 1. The molecule has 2 amide bonds. The van der Waals surface area contributed by atoms with Gasteiger partial charge >= 0.3 is 11.7 Å². The van der Waals surface area contributed by atoms with E-state index < -0.39 is 0 Å². The predicted octanol–water partition coefficient (Wildman–Crippen LogP) is 0.105. The fourth-order valence-electron chi connectivity index (χ4n) is 2.59. The highest BCUT2D eigenvalue weighted by molar-refractivity contribution is 5.74. The zero-order chi connectivity index (χ0) is 15.9. The molecule has 0 saturated heterocycles. The Balaban J connectivity index is 1.72. The summed E-state index contributed by atoms with van der Waals surface area (Å²) in [6, 6.07) is -0.256. The number of ether oxygens (including phenoxy) is 1. The van der Waals surface area contributed by atoms with Gasteiger partial charge in [-0.3, -0.25) is 4.57 Å². The molecule has 0 saturated carbocycles. The molecule has 1 aliphatic heterocycles. The van der Waals surface area contributed by atoms with E-state index >= 15 is 0 Å². The number of rotatable bonds is 7. The third kappa shape index (κ3) is 4.33. The molecule has 0 radical (unpaired) electrons. The van der Waals surface area contributed by atoms with Gasteiger partial charge in [0, 0.05) is 33.2 Å². The molecule has 124 valence electrons. The maximum absolute atomic E-state index is 12.1. The summed E-state index contributed by atoms with van der Waals surface area (Å²) in [5, 5.41) is 9.90. The Kier molecular flexibility index (Phi) is 6.00. The zero-order valence-electron chi connectivity index (χ0n) is 13.3. The summed E-state index contributed by atoms with van der Waals surface area (Å²) in [6.45, 7) is 4.14. The molecule has 8 heteroatoms. The normalized spacial score (nSPS) is 15.2. The minimum absolute atomic E-state index is 0.0344. The molecule has 0 aliphatic carbocycles. The van der Waals surface area contributed by atoms with Crippen molar-refractivity contribution < 1.29 is 9.53 Å². The lowest BCUT2D eigenvalue weighted by atomic mass is 10.2. The smallest absolute Gasteiger partial charge is 0.345 e. The molecular weight excluding hydrogens is 286 g/mol. The Morgan fingerprint density at radius 3 is 3.00 bits per heavy atom. The molecule has 1 atom stereocenters. The minimum Gasteiger partial charge on any atom is -0.383 e. The first-order valence-electron chi connectivity index (χ1n) is 7.81. The van der Waals surface area contributed by atoms with E-state index in [-0.39, 0.29) is 17.8 Å². The van der Waals surface area contributed by atoms with Gasteiger partial charge in [0.1, 0.15) is 5.82 Å². The summed E-state index contributed by atoms with van der Waals surface area (Å²) in [5.74, 6) is 0.885. The molecule has 8 nitrogen and oxygen atoms in total. The van der Waals surface area contributed by atoms with Gasteiger partial charge in [0.25, 0.3) is 0 Å². The second-order valence-corrected chi connectivity index (χ2v) is 5.64. The number of hydrogen-bond acceptors (Lipinski definition) is 4. The van der Waals surface area contributed by atoms with Crippen LogP contribution in [0.1, 0.15) is 32.0 Å². The number of aromatic nitrogens is 3. The molecule has 1 unspecified atom stereocenters. The maximum atomic E-state index is 12.1. The van der Waals surface area contributed by atoms with E-state index in [2.05, 4.69) is 15.7 Å². The van der Waals surface area contributed by atoms with E-state index in [1.807, 2.05) is 6.92 Å². The fourth-order valence-corrected chi connectivity index (χ4v) is 2.59. The number of nitrogens with one attached hydrogen (secondary N) is 2. The van der Waals surface area contributed by atoms with Crippen molar-refractivity contribution >= 4 is 6.03 Å². The summed E-state index contributed by atoms with van der Waals surface area (Å²) >= 11 is 0. The molecule has 2 heterocycles. The first kappa shape index (κ1) is 16.5. The third-order valence-corrected chi connectivity index (χ3v) is 3.66. The number of aryl methyl sites for hydroxylation is 2. The van der Waals surface area contributed by atoms with Crippen LogP contribution in [0.2, 0.25) is 0 Å². The van der Waals surface area contributed by atoms with Crippen LogP contribution in [0.4, 0.5) is 4.79 Å². The van der Waals surface area contributed by atoms with E-state index in [0.717, 1.165) is 31.6 Å². The van der Waals surface area contributed by atoms with Gasteiger partial charge in [-0.25, -0.2) is 14.3 Å². The van der Waals surface area contributed by atoms with Crippen molar-refractivity contribution in [1.82, 2.24) is 25.0 Å². The second kappa shape index (κ2) is 7.98. The van der Waals surface area contributed by atoms with Gasteiger partial charge < -0.3 is 15.4 Å². The van der Waals surface area contributed by atoms with Crippen molar-refractivity contribution in [2.45, 2.75) is 51.7 Å². The molecule has 0 bridgehead atoms. The van der Waals surface area contributed by atoms with Crippen LogP contribution in [0, 0.1) is 0 Å². The van der Waals surface area contributed by atoms with Crippen LogP contribution in [0.5, 0.6) is 0 Å². The van der Waals surface area contributed by atoms with Crippen molar-refractivity contribution in [3.8, 4) is 0 Å². The van der Waals surface area contributed by atoms with Crippen LogP contribution in [-0.2, 0) is 24.2 Å². The number of amides is 2. The monoisotopic (exact) mass is 311 g/mol. The molecule has 0 aromatic carbocycles. The van der Waals surface area contributed by atoms with E-state index in [4.69, 9.17) is 4.74 Å². The summed E-state index contributed by atoms with van der Waals surface area (Å²) in [5.41, 5.74) is -0.0344. The maximum Gasteiger partial charge on any atom is 0.345 e. The van der Waals surface area contributed by atoms with Crippen molar-refractivity contribution in [2.75, 3.05) is 20.3 Å². The molecule has 0 spiro atoms. The van der Waals surface area contributed by atoms with Gasteiger partial charge in [-0.05, 0) is 26.2 Å². The first-order valence-corrected chi connectivity index (χ1v) is 7.81. The summed E-state index contributed by atoms with van der Waals surface area (Å²) in [4.78, 5) is 23.7. The molecule has 2 rings (SSSR count). The van der Waals surface area contributed by atoms with E-state index in [9.17, 15) is 9.59 Å². The second-order valence-electron chi connectivity index (χ2n) is 5.64. The Labute approximate surface area is 129 Å². The standard InChI is InChI=1S/C14H25N5O3/c1-11(10-22-2)16-13(20)15-7-5-9-19-14(21)18-8-4-3-6-12(18)17-19/h11H,3-10H2,1-2H3,(H2,15,16,20). The zero-order valence-corrected chi connectivity index (χ0v) is 13.3. The number of carbonyl (C=O) groups is 1. The van der Waals surface area contributed by atoms with Crippen molar-refractivity contribution in [2.24, 2.45) is 0 Å². The fraction of sp³-hybridized carbons (Fsp3) is 0.786. The summed E-state index contributed by atoms with van der Waals surface area (Å²) in [6.07, 6.45) is 3.68. The summed E-state index contributed by atoms with van der Waals surface area (Å²) < 4.78 is 8.22. The van der Waals surface area contributed by atoms with Crippen LogP contribution in [0.25, 0.3) is 0 Å². The van der Waals surface area contributed by atoms with Gasteiger partial charge in [0.05, 0.1) is 12.6 Å². The Hall–Kier alpha value is -1.83. The van der Waals surface area contributed by atoms with Gasteiger partial charge in [-0.1, -0.05) is 0 Å². The topological polar surface area (TPSA) is 90.2 Å². The third-order valence-electron chi connectivity index (χ3n) is 3.66. The summed E-state index contributed by atoms with van der Waals surface area (Å²) in [7, 11) is 1.60. The SMILES string of the molecule is COCC(C)NC(=O)NCCCn1nc2n(c1=O)CCCC2. The number of nitrogens with zero attached hydrogens (tertiary/aromatic N) is 3. The average Bonchev–Trinajstić information content (AvgIpc) is 2.81. The Morgan fingerprint density at radius 2 is 2.27 bits per heavy atom. The minimum atomic E-state index is -0.221. The van der Waals surface area contributed by atoms with Gasteiger partial charge in [-0.2, -0.15) is 5.10 Å². The van der Waals surface area contributed by atoms with Gasteiger partial charge in [0.15, 0.2) is 0 Å². The first-order chi connectivity index (χ1) is 10.6. The molecule has 1 aromatic rings. The molecule has 1 aromatic heterocycles. The van der Waals surface area contributed by atoms with Crippen molar-refractivity contribution in [3.05, 3.63) is 16.3 Å². The van der Waals surface area contributed by atoms with Crippen molar-refractivity contribution in [3.63, 3.8) is 0 Å². The van der Waals surface area contributed by atoms with Crippen LogP contribution in [0.15, 0.2) is 4.79 Å². The molecule has 0 fully saturated rings. The van der Waals surface area contributed by atoms with Crippen LogP contribution in [-0.4, -0.2) is 46.7 Å². The highest BCUT2D eigenvalue weighted by atomic mass is 16.5. The largest absolute Gasteiger partial charge is 0.383 e. The number of fused-ring (bicyclic) bond motifs is 1. The molecule has 1 aliphatic rings. The Bertz CT molecular complexity index is 551. The highest BCUT2D eigenvalue weighted by Gasteiger charge is 2.16. The molecule has 2 N–H and O–H groups in total.